The third kappa shape index (κ3) is 2.12. The van der Waals surface area contributed by atoms with E-state index in [9.17, 15) is 4.39 Å². The molecule has 0 fully saturated rings. The van der Waals surface area contributed by atoms with Crippen molar-refractivity contribution >= 4 is 15.9 Å². The van der Waals surface area contributed by atoms with Crippen LogP contribution in [0.1, 0.15) is 23.3 Å². The van der Waals surface area contributed by atoms with Crippen LogP contribution in [0, 0.1) is 12.7 Å². The predicted molar refractivity (Wildman–Crippen MR) is 59.2 cm³/mol. The maximum Gasteiger partial charge on any atom is 0.223 e. The van der Waals surface area contributed by atoms with Gasteiger partial charge >= 0.3 is 0 Å². The molecule has 1 heterocycles. The molecular formula is C10H9BrFN3O. The lowest BCUT2D eigenvalue weighted by Gasteiger charge is -2.09. The van der Waals surface area contributed by atoms with Gasteiger partial charge < -0.3 is 10.3 Å². The summed E-state index contributed by atoms with van der Waals surface area (Å²) < 4.78 is 18.6. The molecule has 1 atom stereocenters. The van der Waals surface area contributed by atoms with Crippen LogP contribution in [0.2, 0.25) is 0 Å². The average molecular weight is 286 g/mol. The SMILES string of the molecule is Cc1nc(C(N)c2cc(F)ccc2Br)no1. The molecule has 0 aliphatic carbocycles. The van der Waals surface area contributed by atoms with Gasteiger partial charge in [0, 0.05) is 11.4 Å². The maximum absolute atomic E-state index is 13.1. The number of aromatic nitrogens is 2. The Hall–Kier alpha value is -1.27. The molecule has 1 aromatic carbocycles. The Labute approximate surface area is 99.8 Å². The van der Waals surface area contributed by atoms with Crippen LogP contribution in [0.3, 0.4) is 0 Å². The fourth-order valence-corrected chi connectivity index (χ4v) is 1.83. The van der Waals surface area contributed by atoms with E-state index in [2.05, 4.69) is 26.1 Å². The molecule has 84 valence electrons. The third-order valence-electron chi connectivity index (χ3n) is 2.11. The number of nitrogens with two attached hydrogens (primary N) is 1. The van der Waals surface area contributed by atoms with E-state index in [4.69, 9.17) is 10.3 Å². The molecule has 1 aromatic heterocycles. The highest BCUT2D eigenvalue weighted by molar-refractivity contribution is 9.10. The van der Waals surface area contributed by atoms with Gasteiger partial charge in [0.25, 0.3) is 0 Å². The van der Waals surface area contributed by atoms with Crippen LogP contribution in [-0.2, 0) is 0 Å². The Bertz CT molecular complexity index is 515. The molecule has 0 radical (unpaired) electrons. The molecular weight excluding hydrogens is 277 g/mol. The normalized spacial score (nSPS) is 12.8. The van der Waals surface area contributed by atoms with Gasteiger partial charge in [-0.2, -0.15) is 4.98 Å². The summed E-state index contributed by atoms with van der Waals surface area (Å²) in [5.41, 5.74) is 6.50. The van der Waals surface area contributed by atoms with E-state index >= 15 is 0 Å². The lowest BCUT2D eigenvalue weighted by molar-refractivity contribution is 0.385. The lowest BCUT2D eigenvalue weighted by atomic mass is 10.1. The molecule has 0 amide bonds. The molecule has 16 heavy (non-hydrogen) atoms. The van der Waals surface area contributed by atoms with Gasteiger partial charge in [0.2, 0.25) is 5.89 Å². The number of aryl methyl sites for hydroxylation is 1. The standard InChI is InChI=1S/C10H9BrFN3O/c1-5-14-10(15-16-5)9(13)7-4-6(12)2-3-8(7)11/h2-4,9H,13H2,1H3. The Morgan fingerprint density at radius 3 is 2.88 bits per heavy atom. The second-order valence-corrected chi connectivity index (χ2v) is 4.17. The molecule has 0 spiro atoms. The largest absolute Gasteiger partial charge is 0.340 e. The van der Waals surface area contributed by atoms with Crippen molar-refractivity contribution < 1.29 is 8.91 Å². The number of hydrogen-bond donors (Lipinski definition) is 1. The average Bonchev–Trinajstić information content (AvgIpc) is 2.67. The van der Waals surface area contributed by atoms with Crippen molar-refractivity contribution in [2.75, 3.05) is 0 Å². The van der Waals surface area contributed by atoms with Crippen molar-refractivity contribution in [3.63, 3.8) is 0 Å². The minimum absolute atomic E-state index is 0.337. The first kappa shape index (κ1) is 11.2. The van der Waals surface area contributed by atoms with Crippen molar-refractivity contribution in [1.29, 1.82) is 0 Å². The molecule has 2 rings (SSSR count). The van der Waals surface area contributed by atoms with E-state index in [1.807, 2.05) is 0 Å². The minimum Gasteiger partial charge on any atom is -0.340 e. The Morgan fingerprint density at radius 2 is 2.25 bits per heavy atom. The first-order valence-electron chi connectivity index (χ1n) is 4.58. The Morgan fingerprint density at radius 1 is 1.50 bits per heavy atom. The topological polar surface area (TPSA) is 64.9 Å². The van der Waals surface area contributed by atoms with E-state index in [-0.39, 0.29) is 5.82 Å². The van der Waals surface area contributed by atoms with Crippen LogP contribution < -0.4 is 5.73 Å². The Balaban J connectivity index is 2.40. The highest BCUT2D eigenvalue weighted by Crippen LogP contribution is 2.26. The van der Waals surface area contributed by atoms with Crippen molar-refractivity contribution in [3.8, 4) is 0 Å². The van der Waals surface area contributed by atoms with Crippen molar-refractivity contribution in [2.45, 2.75) is 13.0 Å². The number of hydrogen-bond acceptors (Lipinski definition) is 4. The van der Waals surface area contributed by atoms with Gasteiger partial charge in [-0.15, -0.1) is 0 Å². The number of benzene rings is 1. The van der Waals surface area contributed by atoms with E-state index in [1.54, 1.807) is 13.0 Å². The van der Waals surface area contributed by atoms with E-state index in [0.29, 0.717) is 21.8 Å². The summed E-state index contributed by atoms with van der Waals surface area (Å²) in [4.78, 5) is 4.01. The van der Waals surface area contributed by atoms with E-state index < -0.39 is 6.04 Å². The number of rotatable bonds is 2. The van der Waals surface area contributed by atoms with Crippen LogP contribution in [0.4, 0.5) is 4.39 Å². The van der Waals surface area contributed by atoms with Crippen molar-refractivity contribution in [2.24, 2.45) is 5.73 Å². The second kappa shape index (κ2) is 4.31. The van der Waals surface area contributed by atoms with Crippen LogP contribution >= 0.6 is 15.9 Å². The fraction of sp³-hybridized carbons (Fsp3) is 0.200. The van der Waals surface area contributed by atoms with Crippen LogP contribution in [0.25, 0.3) is 0 Å². The molecule has 0 saturated carbocycles. The van der Waals surface area contributed by atoms with E-state index in [0.717, 1.165) is 0 Å². The van der Waals surface area contributed by atoms with Gasteiger partial charge in [0.05, 0.1) is 6.04 Å². The first-order valence-corrected chi connectivity index (χ1v) is 5.38. The molecule has 6 heteroatoms. The zero-order valence-corrected chi connectivity index (χ0v) is 10.0. The second-order valence-electron chi connectivity index (χ2n) is 3.32. The smallest absolute Gasteiger partial charge is 0.223 e. The van der Waals surface area contributed by atoms with Gasteiger partial charge in [-0.1, -0.05) is 21.1 Å². The summed E-state index contributed by atoms with van der Waals surface area (Å²) in [6.07, 6.45) is 0. The molecule has 2 aromatic rings. The highest BCUT2D eigenvalue weighted by atomic mass is 79.9. The number of nitrogens with zero attached hydrogens (tertiary/aromatic N) is 2. The molecule has 0 saturated heterocycles. The first-order chi connectivity index (χ1) is 7.58. The summed E-state index contributed by atoms with van der Waals surface area (Å²) in [5.74, 6) is 0.413. The summed E-state index contributed by atoms with van der Waals surface area (Å²) in [6.45, 7) is 1.67. The van der Waals surface area contributed by atoms with Gasteiger partial charge in [-0.25, -0.2) is 4.39 Å². The van der Waals surface area contributed by atoms with Gasteiger partial charge in [-0.3, -0.25) is 0 Å². The number of halogens is 2. The molecule has 0 aliphatic rings. The summed E-state index contributed by atoms with van der Waals surface area (Å²) in [7, 11) is 0. The quantitative estimate of drug-likeness (QED) is 0.920. The zero-order valence-electron chi connectivity index (χ0n) is 8.45. The molecule has 0 aliphatic heterocycles. The highest BCUT2D eigenvalue weighted by Gasteiger charge is 2.18. The third-order valence-corrected chi connectivity index (χ3v) is 2.84. The zero-order chi connectivity index (χ0) is 11.7. The maximum atomic E-state index is 13.1. The molecule has 4 nitrogen and oxygen atoms in total. The molecule has 2 N–H and O–H groups in total. The van der Waals surface area contributed by atoms with Crippen molar-refractivity contribution in [3.05, 3.63) is 45.8 Å². The monoisotopic (exact) mass is 285 g/mol. The van der Waals surface area contributed by atoms with E-state index in [1.165, 1.54) is 12.1 Å². The minimum atomic E-state index is -0.609. The van der Waals surface area contributed by atoms with Crippen LogP contribution in [-0.4, -0.2) is 10.1 Å². The van der Waals surface area contributed by atoms with Crippen LogP contribution in [0.5, 0.6) is 0 Å². The van der Waals surface area contributed by atoms with Gasteiger partial charge in [-0.05, 0) is 23.8 Å². The summed E-state index contributed by atoms with van der Waals surface area (Å²) >= 11 is 3.30. The predicted octanol–water partition coefficient (Wildman–Crippen LogP) is 2.33. The van der Waals surface area contributed by atoms with Gasteiger partial charge in [0.1, 0.15) is 5.82 Å². The molecule has 1 unspecified atom stereocenters. The fourth-order valence-electron chi connectivity index (χ4n) is 1.33. The summed E-state index contributed by atoms with van der Waals surface area (Å²) in [6, 6.07) is 3.68. The Kier molecular flexibility index (Phi) is 3.02. The molecule has 0 bridgehead atoms. The van der Waals surface area contributed by atoms with Gasteiger partial charge in [0.15, 0.2) is 5.82 Å². The van der Waals surface area contributed by atoms with Crippen LogP contribution in [0.15, 0.2) is 27.2 Å². The van der Waals surface area contributed by atoms with Crippen molar-refractivity contribution in [1.82, 2.24) is 10.1 Å². The summed E-state index contributed by atoms with van der Waals surface area (Å²) in [5, 5.41) is 3.71. The lowest BCUT2D eigenvalue weighted by Crippen LogP contribution is -2.14.